The Labute approximate surface area is 172 Å². The summed E-state index contributed by atoms with van der Waals surface area (Å²) in [6, 6.07) is 15.0. The Morgan fingerprint density at radius 2 is 1.82 bits per heavy atom. The van der Waals surface area contributed by atoms with Crippen LogP contribution in [0, 0.1) is 12.8 Å². The summed E-state index contributed by atoms with van der Waals surface area (Å²) in [4.78, 5) is 38.0. The Balaban J connectivity index is 1.46. The van der Waals surface area contributed by atoms with Crippen molar-refractivity contribution in [1.29, 1.82) is 0 Å². The van der Waals surface area contributed by atoms with Crippen LogP contribution in [0.4, 0.5) is 5.69 Å². The van der Waals surface area contributed by atoms with Gasteiger partial charge in [-0.3, -0.25) is 14.4 Å². The largest absolute Gasteiger partial charge is 0.455 e. The van der Waals surface area contributed by atoms with Crippen LogP contribution in [0.15, 0.2) is 53.0 Å². The molecule has 1 fully saturated rings. The normalized spacial score (nSPS) is 16.1. The van der Waals surface area contributed by atoms with Crippen molar-refractivity contribution >= 4 is 39.4 Å². The van der Waals surface area contributed by atoms with Gasteiger partial charge in [0, 0.05) is 29.7 Å². The first-order valence-corrected chi connectivity index (χ1v) is 9.75. The molecule has 0 saturated carbocycles. The molecule has 6 nitrogen and oxygen atoms in total. The maximum absolute atomic E-state index is 12.2. The molecule has 1 atom stereocenters. The van der Waals surface area contributed by atoms with E-state index in [4.69, 9.17) is 4.74 Å². The van der Waals surface area contributed by atoms with Crippen LogP contribution in [-0.4, -0.2) is 35.8 Å². The zero-order chi connectivity index (χ0) is 20.1. The van der Waals surface area contributed by atoms with Crippen LogP contribution in [0.25, 0.3) is 0 Å². The molecule has 1 heterocycles. The van der Waals surface area contributed by atoms with E-state index in [1.165, 1.54) is 0 Å². The first-order valence-electron chi connectivity index (χ1n) is 8.96. The molecule has 0 spiro atoms. The third kappa shape index (κ3) is 5.42. The van der Waals surface area contributed by atoms with Gasteiger partial charge in [0.25, 0.3) is 5.91 Å². The summed E-state index contributed by atoms with van der Waals surface area (Å²) in [6.07, 6.45) is 0.110. The Bertz CT molecular complexity index is 865. The molecule has 1 aliphatic rings. The number of hydrogen-bond donors (Lipinski definition) is 1. The summed E-state index contributed by atoms with van der Waals surface area (Å²) in [6.45, 7) is 2.40. The summed E-state index contributed by atoms with van der Waals surface area (Å²) in [5.41, 5.74) is 2.78. The number of carbonyl (C=O) groups is 3. The van der Waals surface area contributed by atoms with Gasteiger partial charge in [0.05, 0.1) is 5.92 Å². The van der Waals surface area contributed by atoms with Crippen molar-refractivity contribution in [2.24, 2.45) is 5.92 Å². The van der Waals surface area contributed by atoms with Crippen molar-refractivity contribution in [2.45, 2.75) is 19.9 Å². The fraction of sp³-hybridized carbons (Fsp3) is 0.286. The van der Waals surface area contributed by atoms with Gasteiger partial charge < -0.3 is 15.0 Å². The molecular weight excluding hydrogens is 424 g/mol. The summed E-state index contributed by atoms with van der Waals surface area (Å²) in [5, 5.41) is 2.66. The quantitative estimate of drug-likeness (QED) is 0.693. The van der Waals surface area contributed by atoms with Crippen molar-refractivity contribution in [2.75, 3.05) is 18.5 Å². The average molecular weight is 445 g/mol. The van der Waals surface area contributed by atoms with Crippen LogP contribution in [0.5, 0.6) is 0 Å². The van der Waals surface area contributed by atoms with Gasteiger partial charge in [0.15, 0.2) is 6.61 Å². The number of nitrogens with one attached hydrogen (secondary N) is 1. The van der Waals surface area contributed by atoms with Crippen molar-refractivity contribution in [3.63, 3.8) is 0 Å². The molecule has 2 aromatic rings. The molecule has 3 rings (SSSR count). The number of amides is 2. The lowest BCUT2D eigenvalue weighted by atomic mass is 10.1. The van der Waals surface area contributed by atoms with Gasteiger partial charge in [0.1, 0.15) is 0 Å². The Morgan fingerprint density at radius 3 is 2.50 bits per heavy atom. The molecular formula is C21H21BrN2O4. The number of aryl methyl sites for hydroxylation is 1. The molecule has 1 saturated heterocycles. The van der Waals surface area contributed by atoms with E-state index in [1.54, 1.807) is 29.2 Å². The number of benzene rings is 2. The lowest BCUT2D eigenvalue weighted by molar-refractivity contribution is -0.151. The highest BCUT2D eigenvalue weighted by molar-refractivity contribution is 9.10. The number of likely N-dealkylation sites (tertiary alicyclic amines) is 1. The summed E-state index contributed by atoms with van der Waals surface area (Å²) in [7, 11) is 0. The zero-order valence-corrected chi connectivity index (χ0v) is 17.1. The fourth-order valence-electron chi connectivity index (χ4n) is 2.98. The highest BCUT2D eigenvalue weighted by atomic mass is 79.9. The monoisotopic (exact) mass is 444 g/mol. The molecule has 0 radical (unpaired) electrons. The number of carbonyl (C=O) groups excluding carboxylic acids is 3. The molecule has 28 heavy (non-hydrogen) atoms. The number of nitrogens with zero attached hydrogens (tertiary/aromatic N) is 1. The van der Waals surface area contributed by atoms with E-state index in [1.807, 2.05) is 31.2 Å². The second-order valence-corrected chi connectivity index (χ2v) is 7.74. The van der Waals surface area contributed by atoms with E-state index in [0.717, 1.165) is 15.6 Å². The third-order valence-electron chi connectivity index (χ3n) is 4.52. The number of anilines is 1. The molecule has 1 aliphatic heterocycles. The average Bonchev–Trinajstić information content (AvgIpc) is 3.04. The van der Waals surface area contributed by atoms with Gasteiger partial charge in [-0.15, -0.1) is 0 Å². The first kappa shape index (κ1) is 20.1. The second-order valence-electron chi connectivity index (χ2n) is 6.82. The lowest BCUT2D eigenvalue weighted by Gasteiger charge is -2.16. The van der Waals surface area contributed by atoms with Gasteiger partial charge in [-0.05, 0) is 36.8 Å². The zero-order valence-electron chi connectivity index (χ0n) is 15.5. The second kappa shape index (κ2) is 9.01. The molecule has 2 amide bonds. The van der Waals surface area contributed by atoms with Gasteiger partial charge in [-0.1, -0.05) is 45.8 Å². The van der Waals surface area contributed by atoms with Crippen LogP contribution < -0.4 is 5.32 Å². The molecule has 0 unspecified atom stereocenters. The van der Waals surface area contributed by atoms with Crippen molar-refractivity contribution in [3.05, 3.63) is 64.1 Å². The predicted molar refractivity (Wildman–Crippen MR) is 108 cm³/mol. The summed E-state index contributed by atoms with van der Waals surface area (Å²) in [5.74, 6) is -1.57. The third-order valence-corrected chi connectivity index (χ3v) is 5.04. The Hall–Kier alpha value is -2.67. The van der Waals surface area contributed by atoms with Crippen molar-refractivity contribution < 1.29 is 19.1 Å². The van der Waals surface area contributed by atoms with Crippen LogP contribution in [-0.2, 0) is 25.7 Å². The van der Waals surface area contributed by atoms with Crippen LogP contribution in [0.2, 0.25) is 0 Å². The van der Waals surface area contributed by atoms with E-state index in [9.17, 15) is 14.4 Å². The van der Waals surface area contributed by atoms with Crippen LogP contribution in [0.3, 0.4) is 0 Å². The minimum Gasteiger partial charge on any atom is -0.455 e. The number of hydrogen-bond acceptors (Lipinski definition) is 4. The molecule has 0 aliphatic carbocycles. The van der Waals surface area contributed by atoms with Crippen LogP contribution >= 0.6 is 15.9 Å². The number of halogens is 1. The topological polar surface area (TPSA) is 75.7 Å². The summed E-state index contributed by atoms with van der Waals surface area (Å²) < 4.78 is 6.01. The predicted octanol–water partition coefficient (Wildman–Crippen LogP) is 3.29. The summed E-state index contributed by atoms with van der Waals surface area (Å²) >= 11 is 3.32. The van der Waals surface area contributed by atoms with E-state index in [0.29, 0.717) is 18.8 Å². The van der Waals surface area contributed by atoms with Crippen molar-refractivity contribution in [3.8, 4) is 0 Å². The Kier molecular flexibility index (Phi) is 6.46. The smallest absolute Gasteiger partial charge is 0.311 e. The highest BCUT2D eigenvalue weighted by Crippen LogP contribution is 2.21. The molecule has 0 bridgehead atoms. The number of esters is 1. The maximum atomic E-state index is 12.2. The van der Waals surface area contributed by atoms with Gasteiger partial charge in [-0.25, -0.2) is 0 Å². The molecule has 7 heteroatoms. The molecule has 0 aromatic heterocycles. The maximum Gasteiger partial charge on any atom is 0.311 e. The molecule has 1 N–H and O–H groups in total. The van der Waals surface area contributed by atoms with Gasteiger partial charge >= 0.3 is 5.97 Å². The SMILES string of the molecule is Cc1ccc(CN2C[C@H](C(=O)OCC(=O)Nc3ccc(Br)cc3)CC2=O)cc1. The van der Waals surface area contributed by atoms with Crippen molar-refractivity contribution in [1.82, 2.24) is 4.90 Å². The first-order chi connectivity index (χ1) is 13.4. The highest BCUT2D eigenvalue weighted by Gasteiger charge is 2.35. The van der Waals surface area contributed by atoms with Crippen LogP contribution in [0.1, 0.15) is 17.5 Å². The van der Waals surface area contributed by atoms with E-state index >= 15 is 0 Å². The van der Waals surface area contributed by atoms with E-state index in [-0.39, 0.29) is 18.9 Å². The molecule has 146 valence electrons. The minimum absolute atomic E-state index is 0.0816. The fourth-order valence-corrected chi connectivity index (χ4v) is 3.25. The molecule has 2 aromatic carbocycles. The van der Waals surface area contributed by atoms with E-state index < -0.39 is 17.8 Å². The Morgan fingerprint density at radius 1 is 1.14 bits per heavy atom. The van der Waals surface area contributed by atoms with Gasteiger partial charge in [0.2, 0.25) is 5.91 Å². The number of ether oxygens (including phenoxy) is 1. The lowest BCUT2D eigenvalue weighted by Crippen LogP contribution is -2.28. The van der Waals surface area contributed by atoms with E-state index in [2.05, 4.69) is 21.2 Å². The van der Waals surface area contributed by atoms with Gasteiger partial charge in [-0.2, -0.15) is 0 Å². The number of rotatable bonds is 6. The standard InChI is InChI=1S/C21H21BrN2O4/c1-14-2-4-15(5-3-14)11-24-12-16(10-20(24)26)21(27)28-13-19(25)23-18-8-6-17(22)7-9-18/h2-9,16H,10-13H2,1H3,(H,23,25)/t16-/m1/s1. The minimum atomic E-state index is -0.543.